The molecule has 0 aromatic carbocycles. The first-order valence-electron chi connectivity index (χ1n) is 6.03. The Hall–Kier alpha value is -1.36. The fourth-order valence-corrected chi connectivity index (χ4v) is 2.73. The molecule has 1 aliphatic heterocycles. The molecule has 5 nitrogen and oxygen atoms in total. The summed E-state index contributed by atoms with van der Waals surface area (Å²) in [6.45, 7) is 6.68. The summed E-state index contributed by atoms with van der Waals surface area (Å²) in [6, 6.07) is 0.547. The fourth-order valence-electron chi connectivity index (χ4n) is 2.73. The molecule has 2 heterocycles. The number of nitrogens with one attached hydrogen (secondary N) is 1. The van der Waals surface area contributed by atoms with Gasteiger partial charge in [-0.2, -0.15) is 4.98 Å². The minimum Gasteiger partial charge on any atom is -0.383 e. The first-order valence-corrected chi connectivity index (χ1v) is 6.03. The number of anilines is 2. The number of hydrogen-bond donors (Lipinski definition) is 3. The van der Waals surface area contributed by atoms with E-state index in [1.54, 1.807) is 6.20 Å². The molecule has 0 spiro atoms. The fraction of sp³-hybridized carbons (Fsp3) is 0.667. The minimum absolute atomic E-state index is 0.132. The zero-order valence-corrected chi connectivity index (χ0v) is 10.7. The first kappa shape index (κ1) is 12.1. The van der Waals surface area contributed by atoms with E-state index in [1.807, 2.05) is 0 Å². The molecule has 5 heteroatoms. The highest BCUT2D eigenvalue weighted by atomic mass is 15.0. The Labute approximate surface area is 102 Å². The largest absolute Gasteiger partial charge is 0.383 e. The molecule has 1 aliphatic rings. The summed E-state index contributed by atoms with van der Waals surface area (Å²) in [6.07, 6.45) is 3.80. The van der Waals surface area contributed by atoms with Crippen molar-refractivity contribution in [1.82, 2.24) is 15.3 Å². The van der Waals surface area contributed by atoms with Crippen molar-refractivity contribution in [3.8, 4) is 0 Å². The lowest BCUT2D eigenvalue weighted by Gasteiger charge is -2.27. The molecule has 0 radical (unpaired) electrons. The van der Waals surface area contributed by atoms with Gasteiger partial charge in [-0.25, -0.2) is 4.98 Å². The quantitative estimate of drug-likeness (QED) is 0.710. The number of nitrogens with zero attached hydrogens (tertiary/aromatic N) is 2. The lowest BCUT2D eigenvalue weighted by molar-refractivity contribution is 0.330. The minimum atomic E-state index is 0.132. The average Bonchev–Trinajstić information content (AvgIpc) is 2.44. The maximum Gasteiger partial charge on any atom is 0.221 e. The number of rotatable bonds is 2. The predicted octanol–water partition coefficient (Wildman–Crippen LogP) is 0.960. The van der Waals surface area contributed by atoms with Gasteiger partial charge in [0.25, 0.3) is 0 Å². The Kier molecular flexibility index (Phi) is 2.95. The van der Waals surface area contributed by atoms with Gasteiger partial charge in [0.15, 0.2) is 0 Å². The SMILES string of the molecule is CC1C[C@@H](Cc2cnc(N)nc2N)C(C)(C)N1. The summed E-state index contributed by atoms with van der Waals surface area (Å²) in [4.78, 5) is 8.02. The van der Waals surface area contributed by atoms with Gasteiger partial charge in [0.1, 0.15) is 5.82 Å². The third kappa shape index (κ3) is 2.49. The Balaban J connectivity index is 2.16. The topological polar surface area (TPSA) is 89.8 Å². The van der Waals surface area contributed by atoms with Gasteiger partial charge in [0.2, 0.25) is 5.95 Å². The zero-order chi connectivity index (χ0) is 12.6. The van der Waals surface area contributed by atoms with Crippen molar-refractivity contribution >= 4 is 11.8 Å². The van der Waals surface area contributed by atoms with E-state index in [-0.39, 0.29) is 11.5 Å². The van der Waals surface area contributed by atoms with Gasteiger partial charge in [-0.1, -0.05) is 0 Å². The molecule has 5 N–H and O–H groups in total. The van der Waals surface area contributed by atoms with Crippen LogP contribution in [0.4, 0.5) is 11.8 Å². The van der Waals surface area contributed by atoms with Gasteiger partial charge < -0.3 is 16.8 Å². The summed E-state index contributed by atoms with van der Waals surface area (Å²) in [5.41, 5.74) is 12.5. The molecular weight excluding hydrogens is 214 g/mol. The second-order valence-electron chi connectivity index (χ2n) is 5.54. The Morgan fingerprint density at radius 1 is 1.47 bits per heavy atom. The molecule has 1 saturated heterocycles. The van der Waals surface area contributed by atoms with Crippen LogP contribution in [0.1, 0.15) is 32.8 Å². The molecule has 1 aromatic rings. The molecule has 1 unspecified atom stereocenters. The van der Waals surface area contributed by atoms with Crippen LogP contribution in [-0.2, 0) is 6.42 Å². The van der Waals surface area contributed by atoms with E-state index in [2.05, 4.69) is 36.1 Å². The molecule has 0 amide bonds. The van der Waals surface area contributed by atoms with Crippen molar-refractivity contribution in [1.29, 1.82) is 0 Å². The number of nitrogens with two attached hydrogens (primary N) is 2. The van der Waals surface area contributed by atoms with Crippen molar-refractivity contribution < 1.29 is 0 Å². The van der Waals surface area contributed by atoms with Crippen LogP contribution in [0.3, 0.4) is 0 Å². The molecule has 1 fully saturated rings. The third-order valence-electron chi connectivity index (χ3n) is 3.66. The third-order valence-corrected chi connectivity index (χ3v) is 3.66. The first-order chi connectivity index (χ1) is 7.88. The molecule has 2 rings (SSSR count). The van der Waals surface area contributed by atoms with Crippen LogP contribution in [0.25, 0.3) is 0 Å². The monoisotopic (exact) mass is 235 g/mol. The number of aromatic nitrogens is 2. The van der Waals surface area contributed by atoms with Gasteiger partial charge in [-0.15, -0.1) is 0 Å². The van der Waals surface area contributed by atoms with Crippen molar-refractivity contribution in [2.24, 2.45) is 5.92 Å². The van der Waals surface area contributed by atoms with E-state index in [9.17, 15) is 0 Å². The highest BCUT2D eigenvalue weighted by Crippen LogP contribution is 2.33. The Bertz CT molecular complexity index is 415. The lowest BCUT2D eigenvalue weighted by Crippen LogP contribution is -2.40. The zero-order valence-electron chi connectivity index (χ0n) is 10.7. The maximum atomic E-state index is 5.87. The number of hydrogen-bond acceptors (Lipinski definition) is 5. The molecule has 0 saturated carbocycles. The van der Waals surface area contributed by atoms with Crippen molar-refractivity contribution in [3.63, 3.8) is 0 Å². The van der Waals surface area contributed by atoms with E-state index in [1.165, 1.54) is 0 Å². The molecule has 17 heavy (non-hydrogen) atoms. The van der Waals surface area contributed by atoms with Crippen LogP contribution in [0.5, 0.6) is 0 Å². The predicted molar refractivity (Wildman–Crippen MR) is 69.3 cm³/mol. The maximum absolute atomic E-state index is 5.87. The summed E-state index contributed by atoms with van der Waals surface area (Å²) in [5.74, 6) is 1.29. The van der Waals surface area contributed by atoms with Crippen LogP contribution < -0.4 is 16.8 Å². The molecule has 94 valence electrons. The normalized spacial score (nSPS) is 27.2. The van der Waals surface area contributed by atoms with Crippen LogP contribution in [0.15, 0.2) is 6.20 Å². The van der Waals surface area contributed by atoms with Crippen LogP contribution in [0, 0.1) is 5.92 Å². The molecule has 0 aliphatic carbocycles. The highest BCUT2D eigenvalue weighted by molar-refractivity contribution is 5.41. The second-order valence-corrected chi connectivity index (χ2v) is 5.54. The summed E-state index contributed by atoms with van der Waals surface area (Å²) < 4.78 is 0. The Morgan fingerprint density at radius 3 is 2.71 bits per heavy atom. The van der Waals surface area contributed by atoms with Gasteiger partial charge in [0, 0.05) is 23.3 Å². The molecule has 1 aromatic heterocycles. The van der Waals surface area contributed by atoms with Crippen molar-refractivity contribution in [2.75, 3.05) is 11.5 Å². The van der Waals surface area contributed by atoms with Crippen molar-refractivity contribution in [2.45, 2.75) is 45.2 Å². The molecular formula is C12H21N5. The van der Waals surface area contributed by atoms with Crippen LogP contribution in [0.2, 0.25) is 0 Å². The highest BCUT2D eigenvalue weighted by Gasteiger charge is 2.38. The van der Waals surface area contributed by atoms with Crippen molar-refractivity contribution in [3.05, 3.63) is 11.8 Å². The van der Waals surface area contributed by atoms with E-state index in [0.29, 0.717) is 17.8 Å². The van der Waals surface area contributed by atoms with Crippen LogP contribution >= 0.6 is 0 Å². The summed E-state index contributed by atoms with van der Waals surface area (Å²) in [7, 11) is 0. The van der Waals surface area contributed by atoms with Crippen LogP contribution in [-0.4, -0.2) is 21.5 Å². The summed E-state index contributed by atoms with van der Waals surface area (Å²) >= 11 is 0. The Morgan fingerprint density at radius 2 is 2.18 bits per heavy atom. The van der Waals surface area contributed by atoms with Gasteiger partial charge in [0.05, 0.1) is 0 Å². The van der Waals surface area contributed by atoms with E-state index >= 15 is 0 Å². The smallest absolute Gasteiger partial charge is 0.221 e. The standard InChI is InChI=1S/C12H21N5/c1-7-4-9(12(2,3)17-7)5-8-6-15-11(14)16-10(8)13/h6-7,9,17H,4-5H2,1-3H3,(H4,13,14,15,16)/t7?,9-/m0/s1. The van der Waals surface area contributed by atoms with Gasteiger partial charge >= 0.3 is 0 Å². The molecule has 2 atom stereocenters. The second kappa shape index (κ2) is 4.14. The average molecular weight is 235 g/mol. The number of nitrogen functional groups attached to an aromatic ring is 2. The summed E-state index contributed by atoms with van der Waals surface area (Å²) in [5, 5.41) is 3.59. The lowest BCUT2D eigenvalue weighted by atomic mass is 9.84. The van der Waals surface area contributed by atoms with E-state index in [0.717, 1.165) is 18.4 Å². The van der Waals surface area contributed by atoms with E-state index in [4.69, 9.17) is 11.5 Å². The van der Waals surface area contributed by atoms with Gasteiger partial charge in [-0.05, 0) is 39.5 Å². The van der Waals surface area contributed by atoms with E-state index < -0.39 is 0 Å². The molecule has 0 bridgehead atoms. The van der Waals surface area contributed by atoms with Gasteiger partial charge in [-0.3, -0.25) is 0 Å².